The van der Waals surface area contributed by atoms with Gasteiger partial charge < -0.3 is 14.8 Å². The van der Waals surface area contributed by atoms with Gasteiger partial charge in [-0.15, -0.1) is 0 Å². The number of nitrogens with zero attached hydrogens (tertiary/aromatic N) is 2. The monoisotopic (exact) mass is 347 g/mol. The van der Waals surface area contributed by atoms with E-state index < -0.39 is 5.54 Å². The van der Waals surface area contributed by atoms with E-state index in [4.69, 9.17) is 9.47 Å². The Morgan fingerprint density at radius 3 is 2.52 bits per heavy atom. The van der Waals surface area contributed by atoms with Crippen LogP contribution < -0.4 is 14.8 Å². The van der Waals surface area contributed by atoms with Gasteiger partial charge in [-0.05, 0) is 50.4 Å². The van der Waals surface area contributed by atoms with Crippen molar-refractivity contribution in [3.8, 4) is 11.5 Å². The number of hydrogen-bond acceptors (Lipinski definition) is 5. The molecule has 1 atom stereocenters. The molecule has 0 spiro atoms. The fraction of sp³-hybridized carbons (Fsp3) is 0.556. The van der Waals surface area contributed by atoms with Crippen LogP contribution in [-0.4, -0.2) is 55.2 Å². The summed E-state index contributed by atoms with van der Waals surface area (Å²) in [5.74, 6) is 1.47. The van der Waals surface area contributed by atoms with Crippen molar-refractivity contribution >= 4 is 11.9 Å². The highest BCUT2D eigenvalue weighted by Gasteiger charge is 2.56. The summed E-state index contributed by atoms with van der Waals surface area (Å²) in [6.07, 6.45) is 2.00. The van der Waals surface area contributed by atoms with Gasteiger partial charge in [0.25, 0.3) is 5.91 Å². The molecule has 1 N–H and O–H groups in total. The molecule has 1 aromatic carbocycles. The first kappa shape index (κ1) is 17.5. The molecule has 3 amide bonds. The summed E-state index contributed by atoms with van der Waals surface area (Å²) >= 11 is 0. The molecule has 0 aromatic heterocycles. The van der Waals surface area contributed by atoms with Crippen molar-refractivity contribution in [3.05, 3.63) is 23.8 Å². The number of urea groups is 1. The molecular weight excluding hydrogens is 322 g/mol. The highest BCUT2D eigenvalue weighted by Crippen LogP contribution is 2.42. The number of hydrogen-bond donors (Lipinski definition) is 1. The molecule has 1 aromatic rings. The highest BCUT2D eigenvalue weighted by molar-refractivity contribution is 6.07. The van der Waals surface area contributed by atoms with Crippen LogP contribution >= 0.6 is 0 Å². The predicted octanol–water partition coefficient (Wildman–Crippen LogP) is 1.81. The largest absolute Gasteiger partial charge is 0.493 e. The molecule has 136 valence electrons. The van der Waals surface area contributed by atoms with Crippen molar-refractivity contribution < 1.29 is 19.1 Å². The minimum atomic E-state index is -0.735. The number of carbonyl (C=O) groups excluding carboxylic acids is 2. The van der Waals surface area contributed by atoms with Crippen LogP contribution in [0.5, 0.6) is 11.5 Å². The maximum absolute atomic E-state index is 12.7. The van der Waals surface area contributed by atoms with Gasteiger partial charge in [0.15, 0.2) is 11.5 Å². The SMILES string of the molecule is COc1ccc(CN(C)CN2C(=O)N[C@](C)(C3CC3)C2=O)cc1OC. The molecule has 1 heterocycles. The van der Waals surface area contributed by atoms with Gasteiger partial charge in [0, 0.05) is 6.54 Å². The molecule has 25 heavy (non-hydrogen) atoms. The van der Waals surface area contributed by atoms with Crippen molar-refractivity contribution in [1.82, 2.24) is 15.1 Å². The lowest BCUT2D eigenvalue weighted by molar-refractivity contribution is -0.132. The second kappa shape index (κ2) is 6.55. The number of methoxy groups -OCH3 is 2. The molecule has 1 aliphatic heterocycles. The third-order valence-corrected chi connectivity index (χ3v) is 4.98. The van der Waals surface area contributed by atoms with E-state index in [0.29, 0.717) is 18.0 Å². The lowest BCUT2D eigenvalue weighted by Crippen LogP contribution is -2.46. The summed E-state index contributed by atoms with van der Waals surface area (Å²) in [6.45, 7) is 2.66. The van der Waals surface area contributed by atoms with E-state index in [-0.39, 0.29) is 24.5 Å². The van der Waals surface area contributed by atoms with Crippen molar-refractivity contribution in [1.29, 1.82) is 0 Å². The number of nitrogens with one attached hydrogen (secondary N) is 1. The van der Waals surface area contributed by atoms with Crippen LogP contribution in [-0.2, 0) is 11.3 Å². The van der Waals surface area contributed by atoms with Crippen molar-refractivity contribution in [2.24, 2.45) is 5.92 Å². The smallest absolute Gasteiger partial charge is 0.326 e. The molecule has 2 aliphatic rings. The third kappa shape index (κ3) is 3.28. The normalized spacial score (nSPS) is 23.2. The zero-order valence-electron chi connectivity index (χ0n) is 15.2. The van der Waals surface area contributed by atoms with Gasteiger partial charge in [0.05, 0.1) is 20.9 Å². The van der Waals surface area contributed by atoms with Crippen LogP contribution in [0, 0.1) is 5.92 Å². The average molecular weight is 347 g/mol. The number of ether oxygens (including phenoxy) is 2. The molecule has 2 fully saturated rings. The van der Waals surface area contributed by atoms with Crippen LogP contribution in [0.4, 0.5) is 4.79 Å². The van der Waals surface area contributed by atoms with Crippen LogP contribution in [0.25, 0.3) is 0 Å². The standard InChI is InChI=1S/C18H25N3O4/c1-18(13-6-7-13)16(22)21(17(23)19-18)11-20(2)10-12-5-8-14(24-3)15(9-12)25-4/h5,8-9,13H,6-7,10-11H2,1-4H3,(H,19,23)/t18-/m1/s1. The summed E-state index contributed by atoms with van der Waals surface area (Å²) in [5, 5.41) is 2.87. The Morgan fingerprint density at radius 1 is 1.24 bits per heavy atom. The number of imide groups is 1. The Morgan fingerprint density at radius 2 is 1.92 bits per heavy atom. The molecule has 1 saturated carbocycles. The van der Waals surface area contributed by atoms with Crippen molar-refractivity contribution in [3.63, 3.8) is 0 Å². The topological polar surface area (TPSA) is 71.1 Å². The lowest BCUT2D eigenvalue weighted by atomic mass is 9.96. The molecule has 0 unspecified atom stereocenters. The van der Waals surface area contributed by atoms with Crippen LogP contribution in [0.15, 0.2) is 18.2 Å². The van der Waals surface area contributed by atoms with Crippen LogP contribution in [0.3, 0.4) is 0 Å². The van der Waals surface area contributed by atoms with Gasteiger partial charge in [-0.1, -0.05) is 6.07 Å². The second-order valence-corrected chi connectivity index (χ2v) is 6.98. The summed E-state index contributed by atoms with van der Waals surface area (Å²) in [4.78, 5) is 28.1. The van der Waals surface area contributed by atoms with Crippen LogP contribution in [0.1, 0.15) is 25.3 Å². The maximum atomic E-state index is 12.7. The first-order valence-corrected chi connectivity index (χ1v) is 8.42. The first-order chi connectivity index (χ1) is 11.9. The number of amides is 3. The Hall–Kier alpha value is -2.28. The van der Waals surface area contributed by atoms with Crippen molar-refractivity contribution in [2.45, 2.75) is 31.8 Å². The van der Waals surface area contributed by atoms with Crippen molar-refractivity contribution in [2.75, 3.05) is 27.9 Å². The summed E-state index contributed by atoms with van der Waals surface area (Å²) in [6, 6.07) is 5.38. The Balaban J connectivity index is 1.65. The van der Waals surface area contributed by atoms with E-state index in [1.165, 1.54) is 4.90 Å². The van der Waals surface area contributed by atoms with E-state index in [1.54, 1.807) is 14.2 Å². The second-order valence-electron chi connectivity index (χ2n) is 6.98. The molecule has 7 heteroatoms. The van der Waals surface area contributed by atoms with E-state index in [9.17, 15) is 9.59 Å². The van der Waals surface area contributed by atoms with E-state index >= 15 is 0 Å². The predicted molar refractivity (Wildman–Crippen MR) is 92.4 cm³/mol. The lowest BCUT2D eigenvalue weighted by Gasteiger charge is -2.24. The fourth-order valence-electron chi connectivity index (χ4n) is 3.36. The maximum Gasteiger partial charge on any atom is 0.326 e. The molecule has 0 radical (unpaired) electrons. The van der Waals surface area contributed by atoms with E-state index in [0.717, 1.165) is 18.4 Å². The van der Waals surface area contributed by atoms with Gasteiger partial charge in [-0.25, -0.2) is 9.69 Å². The summed E-state index contributed by atoms with van der Waals surface area (Å²) < 4.78 is 10.6. The zero-order valence-corrected chi connectivity index (χ0v) is 15.2. The average Bonchev–Trinajstić information content (AvgIpc) is 3.41. The quantitative estimate of drug-likeness (QED) is 0.762. The first-order valence-electron chi connectivity index (χ1n) is 8.42. The Labute approximate surface area is 147 Å². The fourth-order valence-corrected chi connectivity index (χ4v) is 3.36. The highest BCUT2D eigenvalue weighted by atomic mass is 16.5. The zero-order chi connectivity index (χ0) is 18.2. The summed E-state index contributed by atoms with van der Waals surface area (Å²) in [7, 11) is 5.07. The summed E-state index contributed by atoms with van der Waals surface area (Å²) in [5.41, 5.74) is 0.276. The van der Waals surface area contributed by atoms with Gasteiger partial charge in [0.1, 0.15) is 5.54 Å². The number of carbonyl (C=O) groups is 2. The third-order valence-electron chi connectivity index (χ3n) is 4.98. The molecule has 0 bridgehead atoms. The molecule has 3 rings (SSSR count). The van der Waals surface area contributed by atoms with Gasteiger partial charge in [0.2, 0.25) is 0 Å². The van der Waals surface area contributed by atoms with Gasteiger partial charge in [-0.2, -0.15) is 0 Å². The molecule has 1 saturated heterocycles. The van der Waals surface area contributed by atoms with Crippen LogP contribution in [0.2, 0.25) is 0 Å². The number of rotatable bonds is 7. The van der Waals surface area contributed by atoms with Gasteiger partial charge >= 0.3 is 6.03 Å². The van der Waals surface area contributed by atoms with E-state index in [2.05, 4.69) is 5.32 Å². The minimum absolute atomic E-state index is 0.126. The number of benzene rings is 1. The molecular formula is C18H25N3O4. The minimum Gasteiger partial charge on any atom is -0.493 e. The molecule has 7 nitrogen and oxygen atoms in total. The Kier molecular flexibility index (Phi) is 4.60. The Bertz CT molecular complexity index is 689. The van der Waals surface area contributed by atoms with Gasteiger partial charge in [-0.3, -0.25) is 9.69 Å². The molecule has 1 aliphatic carbocycles. The van der Waals surface area contributed by atoms with E-state index in [1.807, 2.05) is 37.1 Å².